The van der Waals surface area contributed by atoms with Crippen molar-refractivity contribution in [2.75, 3.05) is 40.6 Å². The van der Waals surface area contributed by atoms with Gasteiger partial charge in [0.15, 0.2) is 0 Å². The second-order valence-electron chi connectivity index (χ2n) is 4.32. The molecule has 0 spiro atoms. The fourth-order valence-electron chi connectivity index (χ4n) is 2.05. The lowest BCUT2D eigenvalue weighted by Gasteiger charge is -2.32. The number of hydrogen-bond acceptors (Lipinski definition) is 5. The molecule has 1 aliphatic carbocycles. The summed E-state index contributed by atoms with van der Waals surface area (Å²) in [6, 6.07) is 0. The van der Waals surface area contributed by atoms with Gasteiger partial charge in [-0.2, -0.15) is 0 Å². The van der Waals surface area contributed by atoms with Crippen molar-refractivity contribution in [1.29, 1.82) is 0 Å². The summed E-state index contributed by atoms with van der Waals surface area (Å²) in [6.45, 7) is 3.74. The van der Waals surface area contributed by atoms with Crippen molar-refractivity contribution < 1.29 is 19.0 Å². The Balaban J connectivity index is 2.68. The highest BCUT2D eigenvalue weighted by molar-refractivity contribution is 5.82. The summed E-state index contributed by atoms with van der Waals surface area (Å²) in [5, 5.41) is 3.26. The van der Waals surface area contributed by atoms with Gasteiger partial charge in [0.2, 0.25) is 0 Å². The first-order valence-corrected chi connectivity index (χ1v) is 6.11. The van der Waals surface area contributed by atoms with Crippen molar-refractivity contribution in [3.8, 4) is 0 Å². The molecule has 0 bridgehead atoms. The van der Waals surface area contributed by atoms with Crippen LogP contribution in [0.25, 0.3) is 0 Å². The van der Waals surface area contributed by atoms with E-state index in [2.05, 4.69) is 5.32 Å². The van der Waals surface area contributed by atoms with Crippen molar-refractivity contribution in [2.24, 2.45) is 5.92 Å². The summed E-state index contributed by atoms with van der Waals surface area (Å²) in [6.07, 6.45) is 2.09. The predicted octanol–water partition coefficient (Wildman–Crippen LogP) is 0.581. The smallest absolute Gasteiger partial charge is 0.329 e. The van der Waals surface area contributed by atoms with E-state index in [-0.39, 0.29) is 5.97 Å². The highest BCUT2D eigenvalue weighted by Crippen LogP contribution is 2.40. The largest absolute Gasteiger partial charge is 0.465 e. The van der Waals surface area contributed by atoms with Crippen LogP contribution in [0.15, 0.2) is 0 Å². The zero-order valence-corrected chi connectivity index (χ0v) is 11.0. The summed E-state index contributed by atoms with van der Waals surface area (Å²) in [5.74, 6) is 0.110. The molecule has 1 fully saturated rings. The lowest BCUT2D eigenvalue weighted by atomic mass is 9.94. The minimum absolute atomic E-state index is 0.208. The average Bonchev–Trinajstić information content (AvgIpc) is 3.12. The van der Waals surface area contributed by atoms with Crippen molar-refractivity contribution >= 4 is 5.97 Å². The Morgan fingerprint density at radius 1 is 1.35 bits per heavy atom. The molecule has 17 heavy (non-hydrogen) atoms. The SMILES string of the molecule is CCOC(=O)C(COC)(NCCOC)C1CC1. The highest BCUT2D eigenvalue weighted by atomic mass is 16.5. The first-order valence-electron chi connectivity index (χ1n) is 6.11. The molecule has 1 saturated carbocycles. The third-order valence-corrected chi connectivity index (χ3v) is 3.03. The highest BCUT2D eigenvalue weighted by Gasteiger charge is 2.51. The second kappa shape index (κ2) is 6.93. The topological polar surface area (TPSA) is 56.8 Å². The number of hydrogen-bond donors (Lipinski definition) is 1. The Morgan fingerprint density at radius 3 is 2.53 bits per heavy atom. The zero-order valence-electron chi connectivity index (χ0n) is 11.0. The zero-order chi connectivity index (χ0) is 12.7. The van der Waals surface area contributed by atoms with E-state index in [1.54, 1.807) is 14.2 Å². The van der Waals surface area contributed by atoms with E-state index in [0.29, 0.717) is 32.3 Å². The fraction of sp³-hybridized carbons (Fsp3) is 0.917. The third kappa shape index (κ3) is 3.66. The van der Waals surface area contributed by atoms with Gasteiger partial charge < -0.3 is 14.2 Å². The molecule has 1 aliphatic rings. The van der Waals surface area contributed by atoms with Crippen LogP contribution in [0.2, 0.25) is 0 Å². The molecular formula is C12H23NO4. The number of rotatable bonds is 9. The Morgan fingerprint density at radius 2 is 2.06 bits per heavy atom. The molecule has 1 unspecified atom stereocenters. The number of esters is 1. The molecule has 0 amide bonds. The minimum atomic E-state index is -0.691. The van der Waals surface area contributed by atoms with E-state index in [0.717, 1.165) is 12.8 Å². The molecule has 1 N–H and O–H groups in total. The molecule has 0 saturated heterocycles. The maximum absolute atomic E-state index is 12.1. The Hall–Kier alpha value is -0.650. The molecule has 0 aliphatic heterocycles. The number of ether oxygens (including phenoxy) is 3. The van der Waals surface area contributed by atoms with Crippen molar-refractivity contribution in [2.45, 2.75) is 25.3 Å². The number of carbonyl (C=O) groups is 1. The maximum atomic E-state index is 12.1. The minimum Gasteiger partial charge on any atom is -0.465 e. The second-order valence-corrected chi connectivity index (χ2v) is 4.32. The van der Waals surface area contributed by atoms with Crippen LogP contribution in [0.5, 0.6) is 0 Å². The number of carbonyl (C=O) groups excluding carboxylic acids is 1. The summed E-state index contributed by atoms with van der Waals surface area (Å²) in [7, 11) is 3.25. The summed E-state index contributed by atoms with van der Waals surface area (Å²) >= 11 is 0. The number of nitrogens with one attached hydrogen (secondary N) is 1. The quantitative estimate of drug-likeness (QED) is 0.476. The van der Waals surface area contributed by atoms with Crippen molar-refractivity contribution in [1.82, 2.24) is 5.32 Å². The summed E-state index contributed by atoms with van der Waals surface area (Å²) < 4.78 is 15.4. The normalized spacial score (nSPS) is 18.8. The van der Waals surface area contributed by atoms with Gasteiger partial charge in [-0.05, 0) is 25.7 Å². The Kier molecular flexibility index (Phi) is 5.88. The van der Waals surface area contributed by atoms with Gasteiger partial charge in [-0.3, -0.25) is 5.32 Å². The van der Waals surface area contributed by atoms with Crippen LogP contribution in [-0.4, -0.2) is 52.1 Å². The molecule has 0 aromatic carbocycles. The molecule has 5 nitrogen and oxygen atoms in total. The van der Waals surface area contributed by atoms with Crippen LogP contribution in [-0.2, 0) is 19.0 Å². The van der Waals surface area contributed by atoms with Gasteiger partial charge in [0.05, 0.1) is 19.8 Å². The molecule has 100 valence electrons. The van der Waals surface area contributed by atoms with Crippen LogP contribution < -0.4 is 5.32 Å². The van der Waals surface area contributed by atoms with Crippen molar-refractivity contribution in [3.63, 3.8) is 0 Å². The average molecular weight is 245 g/mol. The van der Waals surface area contributed by atoms with Gasteiger partial charge in [0, 0.05) is 20.8 Å². The predicted molar refractivity (Wildman–Crippen MR) is 63.8 cm³/mol. The van der Waals surface area contributed by atoms with Crippen LogP contribution in [0, 0.1) is 5.92 Å². The van der Waals surface area contributed by atoms with Gasteiger partial charge in [0.1, 0.15) is 5.54 Å². The standard InChI is InChI=1S/C12H23NO4/c1-4-17-11(14)12(9-16-3,10-5-6-10)13-7-8-15-2/h10,13H,4-9H2,1-3H3. The van der Waals surface area contributed by atoms with Crippen molar-refractivity contribution in [3.05, 3.63) is 0 Å². The molecule has 1 atom stereocenters. The molecule has 0 heterocycles. The lowest BCUT2D eigenvalue weighted by molar-refractivity contribution is -0.155. The van der Waals surface area contributed by atoms with Gasteiger partial charge in [-0.15, -0.1) is 0 Å². The Bertz CT molecular complexity index is 243. The lowest BCUT2D eigenvalue weighted by Crippen LogP contribution is -2.58. The summed E-state index contributed by atoms with van der Waals surface area (Å²) in [4.78, 5) is 12.1. The van der Waals surface area contributed by atoms with Gasteiger partial charge in [-0.1, -0.05) is 0 Å². The fourth-order valence-corrected chi connectivity index (χ4v) is 2.05. The number of methoxy groups -OCH3 is 2. The van der Waals surface area contributed by atoms with Crippen LogP contribution in [0.4, 0.5) is 0 Å². The first kappa shape index (κ1) is 14.4. The third-order valence-electron chi connectivity index (χ3n) is 3.03. The van der Waals surface area contributed by atoms with E-state index in [1.165, 1.54) is 0 Å². The maximum Gasteiger partial charge on any atom is 0.329 e. The van der Waals surface area contributed by atoms with Crippen LogP contribution in [0.3, 0.4) is 0 Å². The van der Waals surface area contributed by atoms with E-state index >= 15 is 0 Å². The van der Waals surface area contributed by atoms with E-state index < -0.39 is 5.54 Å². The van der Waals surface area contributed by atoms with E-state index in [9.17, 15) is 4.79 Å². The molecule has 0 aromatic heterocycles. The molecular weight excluding hydrogens is 222 g/mol. The molecule has 5 heteroatoms. The van der Waals surface area contributed by atoms with Gasteiger partial charge in [0.25, 0.3) is 0 Å². The Labute approximate surface area is 103 Å². The molecule has 1 rings (SSSR count). The monoisotopic (exact) mass is 245 g/mol. The summed E-state index contributed by atoms with van der Waals surface area (Å²) in [5.41, 5.74) is -0.691. The van der Waals surface area contributed by atoms with Gasteiger partial charge in [-0.25, -0.2) is 4.79 Å². The van der Waals surface area contributed by atoms with Crippen LogP contribution in [0.1, 0.15) is 19.8 Å². The van der Waals surface area contributed by atoms with Crippen LogP contribution >= 0.6 is 0 Å². The molecule has 0 aromatic rings. The first-order chi connectivity index (χ1) is 8.21. The van der Waals surface area contributed by atoms with E-state index in [1.807, 2.05) is 6.92 Å². The van der Waals surface area contributed by atoms with E-state index in [4.69, 9.17) is 14.2 Å². The molecule has 0 radical (unpaired) electrons. The van der Waals surface area contributed by atoms with Gasteiger partial charge >= 0.3 is 5.97 Å².